The SMILES string of the molecule is OCC(Nc1ccccc1Br)c1cc(Cl)ccc1Cl. The molecule has 1 unspecified atom stereocenters. The van der Waals surface area contributed by atoms with Gasteiger partial charge in [-0.15, -0.1) is 0 Å². The summed E-state index contributed by atoms with van der Waals surface area (Å²) in [4.78, 5) is 0. The molecule has 2 aromatic carbocycles. The summed E-state index contributed by atoms with van der Waals surface area (Å²) < 4.78 is 0.923. The van der Waals surface area contributed by atoms with Crippen LogP contribution in [-0.2, 0) is 0 Å². The van der Waals surface area contributed by atoms with Crippen molar-refractivity contribution in [1.29, 1.82) is 0 Å². The van der Waals surface area contributed by atoms with Crippen molar-refractivity contribution in [3.63, 3.8) is 0 Å². The largest absolute Gasteiger partial charge is 0.394 e. The lowest BCUT2D eigenvalue weighted by molar-refractivity contribution is 0.276. The molecule has 19 heavy (non-hydrogen) atoms. The summed E-state index contributed by atoms with van der Waals surface area (Å²) >= 11 is 15.6. The molecule has 2 rings (SSSR count). The first-order chi connectivity index (χ1) is 9.11. The smallest absolute Gasteiger partial charge is 0.0760 e. The molecule has 0 radical (unpaired) electrons. The number of aliphatic hydroxyl groups is 1. The molecule has 5 heteroatoms. The first kappa shape index (κ1) is 14.7. The van der Waals surface area contributed by atoms with Crippen molar-refractivity contribution in [2.75, 3.05) is 11.9 Å². The summed E-state index contributed by atoms with van der Waals surface area (Å²) in [5.41, 5.74) is 1.66. The van der Waals surface area contributed by atoms with Crippen molar-refractivity contribution < 1.29 is 5.11 Å². The van der Waals surface area contributed by atoms with Gasteiger partial charge in [0.1, 0.15) is 0 Å². The van der Waals surface area contributed by atoms with Crippen molar-refractivity contribution in [2.24, 2.45) is 0 Å². The molecule has 2 nitrogen and oxygen atoms in total. The van der Waals surface area contributed by atoms with Crippen LogP contribution in [-0.4, -0.2) is 11.7 Å². The second-order valence-corrected chi connectivity index (χ2v) is 5.72. The molecule has 0 aliphatic heterocycles. The van der Waals surface area contributed by atoms with Crippen LogP contribution in [0.15, 0.2) is 46.9 Å². The van der Waals surface area contributed by atoms with Crippen LogP contribution in [0.2, 0.25) is 10.0 Å². The molecule has 2 N–H and O–H groups in total. The molecule has 1 atom stereocenters. The van der Waals surface area contributed by atoms with E-state index < -0.39 is 0 Å². The van der Waals surface area contributed by atoms with Gasteiger partial charge in [-0.25, -0.2) is 0 Å². The van der Waals surface area contributed by atoms with Gasteiger partial charge in [0, 0.05) is 20.2 Å². The fourth-order valence-corrected chi connectivity index (χ4v) is 2.60. The van der Waals surface area contributed by atoms with Gasteiger partial charge in [0.2, 0.25) is 0 Å². The minimum atomic E-state index is -0.315. The van der Waals surface area contributed by atoms with Crippen molar-refractivity contribution >= 4 is 44.8 Å². The van der Waals surface area contributed by atoms with Crippen LogP contribution in [0.5, 0.6) is 0 Å². The molecule has 2 aromatic rings. The highest BCUT2D eigenvalue weighted by molar-refractivity contribution is 9.10. The molecule has 0 fully saturated rings. The first-order valence-corrected chi connectivity index (χ1v) is 7.23. The van der Waals surface area contributed by atoms with Gasteiger partial charge in [0.05, 0.1) is 12.6 Å². The molecule has 0 spiro atoms. The summed E-state index contributed by atoms with van der Waals surface area (Å²) in [5.74, 6) is 0. The first-order valence-electron chi connectivity index (χ1n) is 5.68. The van der Waals surface area contributed by atoms with E-state index in [0.717, 1.165) is 15.7 Å². The van der Waals surface area contributed by atoms with Crippen LogP contribution in [0.1, 0.15) is 11.6 Å². The van der Waals surface area contributed by atoms with Gasteiger partial charge in [-0.3, -0.25) is 0 Å². The highest BCUT2D eigenvalue weighted by Crippen LogP contribution is 2.31. The van der Waals surface area contributed by atoms with Crippen LogP contribution in [0, 0.1) is 0 Å². The lowest BCUT2D eigenvalue weighted by Crippen LogP contribution is -2.15. The Bertz CT molecular complexity index is 577. The summed E-state index contributed by atoms with van der Waals surface area (Å²) in [6, 6.07) is 12.6. The lowest BCUT2D eigenvalue weighted by Gasteiger charge is -2.20. The summed E-state index contributed by atoms with van der Waals surface area (Å²) in [7, 11) is 0. The van der Waals surface area contributed by atoms with E-state index in [4.69, 9.17) is 23.2 Å². The second kappa shape index (κ2) is 6.62. The standard InChI is InChI=1S/C14H12BrCl2NO/c15-11-3-1-2-4-13(11)18-14(8-19)10-7-9(16)5-6-12(10)17/h1-7,14,18-19H,8H2. The Morgan fingerprint density at radius 2 is 1.89 bits per heavy atom. The normalized spacial score (nSPS) is 12.2. The average molecular weight is 361 g/mol. The van der Waals surface area contributed by atoms with E-state index in [9.17, 15) is 5.11 Å². The minimum absolute atomic E-state index is 0.0819. The number of hydrogen-bond acceptors (Lipinski definition) is 2. The predicted octanol–water partition coefficient (Wildman–Crippen LogP) is 4.90. The number of halogens is 3. The molecule has 0 aliphatic carbocycles. The highest BCUT2D eigenvalue weighted by Gasteiger charge is 2.15. The Hall–Kier alpha value is -0.740. The van der Waals surface area contributed by atoms with Gasteiger partial charge in [-0.1, -0.05) is 35.3 Å². The van der Waals surface area contributed by atoms with E-state index in [1.807, 2.05) is 24.3 Å². The van der Waals surface area contributed by atoms with Crippen molar-refractivity contribution in [3.05, 3.63) is 62.5 Å². The van der Waals surface area contributed by atoms with Crippen molar-refractivity contribution in [2.45, 2.75) is 6.04 Å². The Kier molecular flexibility index (Phi) is 5.11. The maximum absolute atomic E-state index is 9.57. The number of hydrogen-bond donors (Lipinski definition) is 2. The van der Waals surface area contributed by atoms with Gasteiger partial charge in [-0.05, 0) is 51.8 Å². The summed E-state index contributed by atoms with van der Waals surface area (Å²) in [6.07, 6.45) is 0. The number of benzene rings is 2. The summed E-state index contributed by atoms with van der Waals surface area (Å²) in [6.45, 7) is -0.0819. The molecule has 0 heterocycles. The van der Waals surface area contributed by atoms with E-state index in [1.165, 1.54) is 0 Å². The quantitative estimate of drug-likeness (QED) is 0.812. The molecular formula is C14H12BrCl2NO. The van der Waals surface area contributed by atoms with Crippen LogP contribution in [0.4, 0.5) is 5.69 Å². The van der Waals surface area contributed by atoms with E-state index >= 15 is 0 Å². The van der Waals surface area contributed by atoms with Crippen molar-refractivity contribution in [1.82, 2.24) is 0 Å². The third-order valence-electron chi connectivity index (χ3n) is 2.72. The Labute approximate surface area is 130 Å². The zero-order valence-electron chi connectivity index (χ0n) is 9.91. The van der Waals surface area contributed by atoms with Crippen molar-refractivity contribution in [3.8, 4) is 0 Å². The fraction of sp³-hybridized carbons (Fsp3) is 0.143. The molecular weight excluding hydrogens is 349 g/mol. The maximum atomic E-state index is 9.57. The zero-order valence-corrected chi connectivity index (χ0v) is 13.0. The number of para-hydroxylation sites is 1. The van der Waals surface area contributed by atoms with Gasteiger partial charge < -0.3 is 10.4 Å². The molecule has 0 bridgehead atoms. The van der Waals surface area contributed by atoms with Crippen LogP contribution in [0.25, 0.3) is 0 Å². The second-order valence-electron chi connectivity index (χ2n) is 4.03. The highest BCUT2D eigenvalue weighted by atomic mass is 79.9. The molecule has 0 aromatic heterocycles. The van der Waals surface area contributed by atoms with Crippen LogP contribution >= 0.6 is 39.1 Å². The van der Waals surface area contributed by atoms with E-state index in [2.05, 4.69) is 21.2 Å². The molecule has 0 amide bonds. The van der Waals surface area contributed by atoms with E-state index in [0.29, 0.717) is 10.0 Å². The zero-order chi connectivity index (χ0) is 13.8. The van der Waals surface area contributed by atoms with Crippen LogP contribution in [0.3, 0.4) is 0 Å². The predicted molar refractivity (Wildman–Crippen MR) is 84.1 cm³/mol. The van der Waals surface area contributed by atoms with Gasteiger partial charge in [0.25, 0.3) is 0 Å². The topological polar surface area (TPSA) is 32.3 Å². The Morgan fingerprint density at radius 1 is 1.16 bits per heavy atom. The van der Waals surface area contributed by atoms with Gasteiger partial charge in [0.15, 0.2) is 0 Å². The third-order valence-corrected chi connectivity index (χ3v) is 3.99. The monoisotopic (exact) mass is 359 g/mol. The molecule has 0 saturated heterocycles. The fourth-order valence-electron chi connectivity index (χ4n) is 1.77. The lowest BCUT2D eigenvalue weighted by atomic mass is 10.1. The van der Waals surface area contributed by atoms with Gasteiger partial charge >= 0.3 is 0 Å². The van der Waals surface area contributed by atoms with Crippen LogP contribution < -0.4 is 5.32 Å². The average Bonchev–Trinajstić information content (AvgIpc) is 2.41. The number of nitrogens with one attached hydrogen (secondary N) is 1. The van der Waals surface area contributed by atoms with Gasteiger partial charge in [-0.2, -0.15) is 0 Å². The minimum Gasteiger partial charge on any atom is -0.394 e. The summed E-state index contributed by atoms with van der Waals surface area (Å²) in [5, 5.41) is 14.0. The van der Waals surface area contributed by atoms with E-state index in [-0.39, 0.29) is 12.6 Å². The van der Waals surface area contributed by atoms with E-state index in [1.54, 1.807) is 18.2 Å². The maximum Gasteiger partial charge on any atom is 0.0760 e. The molecule has 0 saturated carbocycles. The Balaban J connectivity index is 2.30. The Morgan fingerprint density at radius 3 is 2.58 bits per heavy atom. The number of rotatable bonds is 4. The number of anilines is 1. The number of aliphatic hydroxyl groups excluding tert-OH is 1. The third kappa shape index (κ3) is 3.63. The molecule has 0 aliphatic rings. The molecule has 100 valence electrons.